The second kappa shape index (κ2) is 9.73. The molecule has 1 saturated carbocycles. The summed E-state index contributed by atoms with van der Waals surface area (Å²) in [6, 6.07) is 8.51. The number of piperidine rings is 1. The molecule has 0 bridgehead atoms. The lowest BCUT2D eigenvalue weighted by atomic mass is 9.94. The summed E-state index contributed by atoms with van der Waals surface area (Å²) in [7, 11) is -3.72. The summed E-state index contributed by atoms with van der Waals surface area (Å²) < 4.78 is 27.3. The standard InChI is InChI=1S/C22H31N3O3S/c1-2-3-7-17-9-6-10-20(17)24-22(26)18-12-14-25(15-13-18)29(27,28)21-11-5-4-8-19(21)16-23/h4-5,8,11,17-18,20H,2-3,6-7,9-10,12-15H2,1H3,(H,24,26). The van der Waals surface area contributed by atoms with Gasteiger partial charge in [0.25, 0.3) is 0 Å². The lowest BCUT2D eigenvalue weighted by Gasteiger charge is -2.32. The first-order valence-corrected chi connectivity index (χ1v) is 12.2. The van der Waals surface area contributed by atoms with Crippen molar-refractivity contribution < 1.29 is 13.2 Å². The fraction of sp³-hybridized carbons (Fsp3) is 0.636. The fourth-order valence-electron chi connectivity index (χ4n) is 4.62. The number of unbranched alkanes of at least 4 members (excludes halogenated alkanes) is 1. The first-order valence-electron chi connectivity index (χ1n) is 10.8. The first kappa shape index (κ1) is 21.8. The van der Waals surface area contributed by atoms with Crippen molar-refractivity contribution in [3.05, 3.63) is 29.8 Å². The molecule has 6 nitrogen and oxygen atoms in total. The van der Waals surface area contributed by atoms with Gasteiger partial charge in [0.15, 0.2) is 0 Å². The maximum Gasteiger partial charge on any atom is 0.244 e. The van der Waals surface area contributed by atoms with Crippen LogP contribution < -0.4 is 5.32 Å². The second-order valence-corrected chi connectivity index (χ2v) is 10.1. The van der Waals surface area contributed by atoms with Crippen LogP contribution in [0.5, 0.6) is 0 Å². The molecule has 1 N–H and O–H groups in total. The monoisotopic (exact) mass is 417 g/mol. The zero-order valence-corrected chi connectivity index (χ0v) is 18.0. The molecule has 7 heteroatoms. The van der Waals surface area contributed by atoms with Crippen LogP contribution in [0.2, 0.25) is 0 Å². The van der Waals surface area contributed by atoms with Gasteiger partial charge in [-0.25, -0.2) is 8.42 Å². The average molecular weight is 418 g/mol. The summed E-state index contributed by atoms with van der Waals surface area (Å²) in [6.45, 7) is 2.81. The van der Waals surface area contributed by atoms with Crippen LogP contribution in [0.1, 0.15) is 63.9 Å². The van der Waals surface area contributed by atoms with Crippen LogP contribution >= 0.6 is 0 Å². The van der Waals surface area contributed by atoms with Gasteiger partial charge in [0.2, 0.25) is 15.9 Å². The smallest absolute Gasteiger partial charge is 0.244 e. The van der Waals surface area contributed by atoms with E-state index in [4.69, 9.17) is 0 Å². The Labute approximate surface area is 174 Å². The number of carbonyl (C=O) groups is 1. The van der Waals surface area contributed by atoms with Crippen molar-refractivity contribution in [2.45, 2.75) is 69.2 Å². The Kier molecular flexibility index (Phi) is 7.31. The lowest BCUT2D eigenvalue weighted by molar-refractivity contribution is -0.127. The molecule has 1 aromatic rings. The number of benzene rings is 1. The number of sulfonamides is 1. The number of amides is 1. The molecule has 3 rings (SSSR count). The Morgan fingerprint density at radius 1 is 1.21 bits per heavy atom. The Balaban J connectivity index is 1.57. The van der Waals surface area contributed by atoms with Crippen LogP contribution in [0.4, 0.5) is 0 Å². The molecule has 1 aromatic carbocycles. The molecular weight excluding hydrogens is 386 g/mol. The van der Waals surface area contributed by atoms with Crippen molar-refractivity contribution >= 4 is 15.9 Å². The van der Waals surface area contributed by atoms with E-state index in [1.807, 2.05) is 6.07 Å². The third-order valence-corrected chi connectivity index (χ3v) is 8.32. The summed E-state index contributed by atoms with van der Waals surface area (Å²) in [5.74, 6) is 0.523. The van der Waals surface area contributed by atoms with Gasteiger partial charge in [-0.2, -0.15) is 9.57 Å². The minimum atomic E-state index is -3.72. The SMILES string of the molecule is CCCCC1CCCC1NC(=O)C1CCN(S(=O)(=O)c2ccccc2C#N)CC1. The van der Waals surface area contributed by atoms with Gasteiger partial charge in [0, 0.05) is 25.0 Å². The average Bonchev–Trinajstić information content (AvgIpc) is 3.19. The summed E-state index contributed by atoms with van der Waals surface area (Å²) in [6.07, 6.45) is 8.03. The van der Waals surface area contributed by atoms with E-state index < -0.39 is 10.0 Å². The van der Waals surface area contributed by atoms with Crippen LogP contribution in [0.3, 0.4) is 0 Å². The van der Waals surface area contributed by atoms with Crippen LogP contribution in [0.15, 0.2) is 29.2 Å². The Morgan fingerprint density at radius 2 is 1.93 bits per heavy atom. The summed E-state index contributed by atoms with van der Waals surface area (Å²) in [5.41, 5.74) is 0.159. The van der Waals surface area contributed by atoms with Gasteiger partial charge in [0.05, 0.1) is 10.5 Å². The van der Waals surface area contributed by atoms with Crippen LogP contribution in [-0.4, -0.2) is 37.8 Å². The number of nitrogens with one attached hydrogen (secondary N) is 1. The quantitative estimate of drug-likeness (QED) is 0.736. The zero-order valence-electron chi connectivity index (χ0n) is 17.1. The fourth-order valence-corrected chi connectivity index (χ4v) is 6.23. The van der Waals surface area contributed by atoms with E-state index in [2.05, 4.69) is 12.2 Å². The zero-order chi connectivity index (χ0) is 20.9. The normalized spacial score (nSPS) is 23.6. The molecular formula is C22H31N3O3S. The van der Waals surface area contributed by atoms with Crippen LogP contribution in [0, 0.1) is 23.2 Å². The van der Waals surface area contributed by atoms with E-state index in [9.17, 15) is 18.5 Å². The predicted molar refractivity (Wildman–Crippen MR) is 111 cm³/mol. The second-order valence-electron chi connectivity index (χ2n) is 8.23. The molecule has 158 valence electrons. The minimum Gasteiger partial charge on any atom is -0.353 e. The summed E-state index contributed by atoms with van der Waals surface area (Å²) in [4.78, 5) is 12.8. The maximum absolute atomic E-state index is 12.9. The van der Waals surface area contributed by atoms with Crippen molar-refractivity contribution in [3.8, 4) is 6.07 Å². The number of nitrogens with zero attached hydrogens (tertiary/aromatic N) is 2. The van der Waals surface area contributed by atoms with Gasteiger partial charge in [-0.3, -0.25) is 4.79 Å². The largest absolute Gasteiger partial charge is 0.353 e. The molecule has 0 spiro atoms. The Bertz CT molecular complexity index is 854. The van der Waals surface area contributed by atoms with Crippen LogP contribution in [-0.2, 0) is 14.8 Å². The van der Waals surface area contributed by atoms with E-state index in [0.29, 0.717) is 31.8 Å². The number of hydrogen-bond acceptors (Lipinski definition) is 4. The Hall–Kier alpha value is -1.91. The van der Waals surface area contributed by atoms with Gasteiger partial charge in [-0.1, -0.05) is 38.3 Å². The van der Waals surface area contributed by atoms with E-state index in [-0.39, 0.29) is 28.3 Å². The number of nitriles is 1. The van der Waals surface area contributed by atoms with Gasteiger partial charge in [-0.05, 0) is 50.2 Å². The van der Waals surface area contributed by atoms with Gasteiger partial charge in [0.1, 0.15) is 6.07 Å². The minimum absolute atomic E-state index is 0.0510. The highest BCUT2D eigenvalue weighted by Gasteiger charge is 2.35. The van der Waals surface area contributed by atoms with Gasteiger partial charge >= 0.3 is 0 Å². The van der Waals surface area contributed by atoms with Crippen molar-refractivity contribution in [1.82, 2.24) is 9.62 Å². The van der Waals surface area contributed by atoms with Crippen molar-refractivity contribution in [2.24, 2.45) is 11.8 Å². The first-order chi connectivity index (χ1) is 14.0. The van der Waals surface area contributed by atoms with E-state index in [0.717, 1.165) is 6.42 Å². The van der Waals surface area contributed by atoms with E-state index in [1.54, 1.807) is 12.1 Å². The molecule has 1 amide bonds. The maximum atomic E-state index is 12.9. The third-order valence-electron chi connectivity index (χ3n) is 6.37. The molecule has 0 aromatic heterocycles. The number of rotatable bonds is 7. The molecule has 2 aliphatic rings. The number of hydrogen-bond donors (Lipinski definition) is 1. The van der Waals surface area contributed by atoms with Gasteiger partial charge in [-0.15, -0.1) is 0 Å². The molecule has 2 fully saturated rings. The highest BCUT2D eigenvalue weighted by Crippen LogP contribution is 2.31. The molecule has 0 radical (unpaired) electrons. The molecule has 2 atom stereocenters. The predicted octanol–water partition coefficient (Wildman–Crippen LogP) is 3.43. The Morgan fingerprint density at radius 3 is 2.62 bits per heavy atom. The highest BCUT2D eigenvalue weighted by atomic mass is 32.2. The van der Waals surface area contributed by atoms with E-state index in [1.165, 1.54) is 48.5 Å². The molecule has 29 heavy (non-hydrogen) atoms. The molecule has 1 heterocycles. The highest BCUT2D eigenvalue weighted by molar-refractivity contribution is 7.89. The van der Waals surface area contributed by atoms with Crippen LogP contribution in [0.25, 0.3) is 0 Å². The topological polar surface area (TPSA) is 90.3 Å². The molecule has 2 unspecified atom stereocenters. The van der Waals surface area contributed by atoms with Crippen molar-refractivity contribution in [3.63, 3.8) is 0 Å². The molecule has 1 aliphatic carbocycles. The molecule has 1 saturated heterocycles. The van der Waals surface area contributed by atoms with Crippen molar-refractivity contribution in [2.75, 3.05) is 13.1 Å². The van der Waals surface area contributed by atoms with E-state index >= 15 is 0 Å². The third kappa shape index (κ3) is 4.99. The van der Waals surface area contributed by atoms with Gasteiger partial charge < -0.3 is 5.32 Å². The lowest BCUT2D eigenvalue weighted by Crippen LogP contribution is -2.46. The summed E-state index contributed by atoms with van der Waals surface area (Å²) in [5, 5.41) is 12.5. The number of carbonyl (C=O) groups excluding carboxylic acids is 1. The molecule has 1 aliphatic heterocycles. The summed E-state index contributed by atoms with van der Waals surface area (Å²) >= 11 is 0. The van der Waals surface area contributed by atoms with Crippen molar-refractivity contribution in [1.29, 1.82) is 5.26 Å².